The van der Waals surface area contributed by atoms with Crippen LogP contribution in [0.2, 0.25) is 0 Å². The van der Waals surface area contributed by atoms with Crippen LogP contribution in [0, 0.1) is 34.0 Å². The van der Waals surface area contributed by atoms with E-state index in [4.69, 9.17) is 4.74 Å². The molecule has 0 unspecified atom stereocenters. The summed E-state index contributed by atoms with van der Waals surface area (Å²) < 4.78 is 6.03. The highest BCUT2D eigenvalue weighted by Crippen LogP contribution is 2.67. The van der Waals surface area contributed by atoms with E-state index >= 15 is 0 Å². The van der Waals surface area contributed by atoms with Crippen LogP contribution in [0.3, 0.4) is 0 Å². The quantitative estimate of drug-likeness (QED) is 0.473. The summed E-state index contributed by atoms with van der Waals surface area (Å²) in [5, 5.41) is 10.7. The summed E-state index contributed by atoms with van der Waals surface area (Å²) in [6.07, 6.45) is 10.3. The number of carbonyl (C=O) groups is 2. The van der Waals surface area contributed by atoms with Crippen molar-refractivity contribution in [2.75, 3.05) is 0 Å². The van der Waals surface area contributed by atoms with E-state index in [2.05, 4.69) is 33.8 Å². The van der Waals surface area contributed by atoms with Gasteiger partial charge in [-0.3, -0.25) is 9.59 Å². The summed E-state index contributed by atoms with van der Waals surface area (Å²) in [5.74, 6) is 0.720. The minimum atomic E-state index is -0.589. The molecule has 0 spiro atoms. The first-order valence-corrected chi connectivity index (χ1v) is 12.2. The first-order valence-electron chi connectivity index (χ1n) is 12.2. The van der Waals surface area contributed by atoms with Crippen LogP contribution in [-0.4, -0.2) is 29.1 Å². The molecule has 0 amide bonds. The lowest BCUT2D eigenvalue weighted by molar-refractivity contribution is -0.199. The molecule has 0 aliphatic heterocycles. The van der Waals surface area contributed by atoms with Crippen LogP contribution in [0.25, 0.3) is 0 Å². The summed E-state index contributed by atoms with van der Waals surface area (Å²) >= 11 is 0. The van der Waals surface area contributed by atoms with E-state index in [1.54, 1.807) is 13.0 Å². The Kier molecular flexibility index (Phi) is 5.56. The maximum absolute atomic E-state index is 12.4. The van der Waals surface area contributed by atoms with Gasteiger partial charge >= 0.3 is 5.97 Å². The third-order valence-corrected chi connectivity index (χ3v) is 9.40. The Bertz CT molecular complexity index is 836. The van der Waals surface area contributed by atoms with Crippen molar-refractivity contribution >= 4 is 11.8 Å². The number of esters is 1. The minimum Gasteiger partial charge on any atom is -0.462 e. The van der Waals surface area contributed by atoms with Crippen LogP contribution in [0.15, 0.2) is 23.3 Å². The fourth-order valence-electron chi connectivity index (χ4n) is 8.43. The monoisotopic (exact) mass is 428 g/mol. The molecule has 1 N–H and O–H groups in total. The smallest absolute Gasteiger partial charge is 0.302 e. The zero-order chi connectivity index (χ0) is 22.8. The van der Waals surface area contributed by atoms with Gasteiger partial charge in [0.1, 0.15) is 6.10 Å². The molecule has 2 saturated carbocycles. The van der Waals surface area contributed by atoms with Crippen LogP contribution in [0.5, 0.6) is 0 Å². The molecule has 4 aliphatic rings. The van der Waals surface area contributed by atoms with Gasteiger partial charge < -0.3 is 9.84 Å². The molecule has 0 aromatic heterocycles. The summed E-state index contributed by atoms with van der Waals surface area (Å²) in [4.78, 5) is 24.4. The molecule has 4 nitrogen and oxygen atoms in total. The van der Waals surface area contributed by atoms with E-state index in [-0.39, 0.29) is 40.0 Å². The van der Waals surface area contributed by atoms with E-state index in [9.17, 15) is 14.7 Å². The van der Waals surface area contributed by atoms with E-state index < -0.39 is 6.10 Å². The summed E-state index contributed by atoms with van der Waals surface area (Å²) in [6, 6.07) is 0. The SMILES string of the molecule is CC(=O)O[C@@H]1C[C@@]2(C)C=C([C@H]3CC(=O)C(C)=C[C@H]3O)CC[C@@H]2[C@@]2(C)CCCC(C)(C)[C@H]12. The fourth-order valence-corrected chi connectivity index (χ4v) is 8.43. The van der Waals surface area contributed by atoms with Crippen molar-refractivity contribution in [1.82, 2.24) is 0 Å². The molecular weight excluding hydrogens is 388 g/mol. The lowest BCUT2D eigenvalue weighted by atomic mass is 9.41. The molecule has 0 heterocycles. The highest BCUT2D eigenvalue weighted by atomic mass is 16.5. The maximum atomic E-state index is 12.4. The molecule has 0 radical (unpaired) electrons. The standard InChI is InChI=1S/C27H40O4/c1-16-12-21(30)19(13-20(16)29)18-8-9-23-26(5,14-18)15-22(31-17(2)28)24-25(3,4)10-7-11-27(23,24)6/h12,14,19,21-24,30H,7-11,13,15H2,1-6H3/t19-,21-,22-,23+,24+,26-,27-/m1/s1. The van der Waals surface area contributed by atoms with Crippen molar-refractivity contribution in [2.24, 2.45) is 34.0 Å². The maximum Gasteiger partial charge on any atom is 0.302 e. The first kappa shape index (κ1) is 22.8. The molecule has 0 saturated heterocycles. The van der Waals surface area contributed by atoms with E-state index in [0.717, 1.165) is 19.3 Å². The highest BCUT2D eigenvalue weighted by molar-refractivity contribution is 5.96. The Morgan fingerprint density at radius 2 is 1.90 bits per heavy atom. The predicted octanol–water partition coefficient (Wildman–Crippen LogP) is 5.39. The van der Waals surface area contributed by atoms with Crippen LogP contribution in [0.4, 0.5) is 0 Å². The second-order valence-electron chi connectivity index (χ2n) is 12.1. The Morgan fingerprint density at radius 1 is 1.19 bits per heavy atom. The van der Waals surface area contributed by atoms with Gasteiger partial charge in [-0.25, -0.2) is 0 Å². The molecule has 2 fully saturated rings. The number of carbonyl (C=O) groups excluding carboxylic acids is 2. The average molecular weight is 429 g/mol. The molecule has 4 rings (SSSR count). The van der Waals surface area contributed by atoms with Crippen molar-refractivity contribution in [3.63, 3.8) is 0 Å². The van der Waals surface area contributed by atoms with Crippen molar-refractivity contribution in [3.05, 3.63) is 23.3 Å². The molecule has 31 heavy (non-hydrogen) atoms. The Hall–Kier alpha value is -1.42. The zero-order valence-electron chi connectivity index (χ0n) is 20.2. The lowest BCUT2D eigenvalue weighted by Gasteiger charge is -2.65. The normalized spacial score (nSPS) is 44.5. The van der Waals surface area contributed by atoms with Gasteiger partial charge in [0.15, 0.2) is 5.78 Å². The number of ketones is 1. The Labute approximate surface area is 187 Å². The van der Waals surface area contributed by atoms with Gasteiger partial charge in [-0.15, -0.1) is 0 Å². The largest absolute Gasteiger partial charge is 0.462 e. The van der Waals surface area contributed by atoms with Gasteiger partial charge in [0, 0.05) is 25.2 Å². The number of hydrogen-bond acceptors (Lipinski definition) is 4. The van der Waals surface area contributed by atoms with Crippen molar-refractivity contribution in [2.45, 2.75) is 98.7 Å². The van der Waals surface area contributed by atoms with E-state index in [0.29, 0.717) is 23.8 Å². The summed E-state index contributed by atoms with van der Waals surface area (Å²) in [5.41, 5.74) is 2.07. The van der Waals surface area contributed by atoms with Crippen LogP contribution >= 0.6 is 0 Å². The predicted molar refractivity (Wildman–Crippen MR) is 121 cm³/mol. The number of Topliss-reactive ketones (excluding diaryl/α,β-unsaturated/α-hetero) is 1. The average Bonchev–Trinajstić information content (AvgIpc) is 2.62. The lowest BCUT2D eigenvalue weighted by Crippen LogP contribution is -2.61. The number of aliphatic hydroxyl groups excluding tert-OH is 1. The molecule has 0 bridgehead atoms. The number of allylic oxidation sites excluding steroid dienone is 2. The third-order valence-electron chi connectivity index (χ3n) is 9.40. The molecular formula is C27H40O4. The Balaban J connectivity index is 1.73. The first-order chi connectivity index (χ1) is 14.4. The summed E-state index contributed by atoms with van der Waals surface area (Å²) in [6.45, 7) is 12.8. The number of fused-ring (bicyclic) bond motifs is 3. The molecule has 4 heteroatoms. The molecule has 7 atom stereocenters. The minimum absolute atomic E-state index is 0.0882. The van der Waals surface area contributed by atoms with E-state index in [1.807, 2.05) is 0 Å². The molecule has 4 aliphatic carbocycles. The summed E-state index contributed by atoms with van der Waals surface area (Å²) in [7, 11) is 0. The van der Waals surface area contributed by atoms with Crippen LogP contribution in [-0.2, 0) is 14.3 Å². The number of rotatable bonds is 2. The number of aliphatic hydroxyl groups is 1. The number of ether oxygens (including phenoxy) is 1. The second kappa shape index (κ2) is 7.57. The van der Waals surface area contributed by atoms with Gasteiger partial charge in [-0.05, 0) is 72.8 Å². The highest BCUT2D eigenvalue weighted by Gasteiger charge is 2.62. The van der Waals surface area contributed by atoms with Crippen LogP contribution in [0.1, 0.15) is 86.5 Å². The Morgan fingerprint density at radius 3 is 2.58 bits per heavy atom. The molecule has 0 aromatic carbocycles. The molecule has 172 valence electrons. The van der Waals surface area contributed by atoms with Crippen LogP contribution < -0.4 is 0 Å². The number of hydrogen-bond donors (Lipinski definition) is 1. The van der Waals surface area contributed by atoms with Crippen molar-refractivity contribution < 1.29 is 19.4 Å². The fraction of sp³-hybridized carbons (Fsp3) is 0.778. The second-order valence-corrected chi connectivity index (χ2v) is 12.1. The topological polar surface area (TPSA) is 63.6 Å². The van der Waals surface area contributed by atoms with Gasteiger partial charge in [-0.1, -0.05) is 45.8 Å². The zero-order valence-corrected chi connectivity index (χ0v) is 20.2. The van der Waals surface area contributed by atoms with Gasteiger partial charge in [0.2, 0.25) is 0 Å². The molecule has 0 aromatic rings. The van der Waals surface area contributed by atoms with Gasteiger partial charge in [0.25, 0.3) is 0 Å². The third kappa shape index (κ3) is 3.73. The van der Waals surface area contributed by atoms with E-state index in [1.165, 1.54) is 31.8 Å². The van der Waals surface area contributed by atoms with Crippen molar-refractivity contribution in [3.8, 4) is 0 Å². The van der Waals surface area contributed by atoms with Crippen molar-refractivity contribution in [1.29, 1.82) is 0 Å². The van der Waals surface area contributed by atoms with Gasteiger partial charge in [-0.2, -0.15) is 0 Å². The van der Waals surface area contributed by atoms with Gasteiger partial charge in [0.05, 0.1) is 6.10 Å².